The molecule has 1 aliphatic rings. The van der Waals surface area contributed by atoms with E-state index in [9.17, 15) is 10.1 Å². The smallest absolute Gasteiger partial charge is 0.388 e. The number of hydrogen-bond acceptors (Lipinski definition) is 7. The molecule has 0 saturated carbocycles. The second-order valence-corrected chi connectivity index (χ2v) is 5.54. The Hall–Kier alpha value is -2.99. The highest BCUT2D eigenvalue weighted by molar-refractivity contribution is 5.71. The molecule has 9 nitrogen and oxygen atoms in total. The lowest BCUT2D eigenvalue weighted by Crippen LogP contribution is -2.53. The van der Waals surface area contributed by atoms with Crippen LogP contribution in [0.3, 0.4) is 0 Å². The van der Waals surface area contributed by atoms with Crippen molar-refractivity contribution in [2.45, 2.75) is 13.0 Å². The molecule has 2 aromatic heterocycles. The van der Waals surface area contributed by atoms with E-state index in [1.165, 1.54) is 6.20 Å². The molecule has 0 bridgehead atoms. The van der Waals surface area contributed by atoms with Crippen molar-refractivity contribution in [3.63, 3.8) is 0 Å². The highest BCUT2D eigenvalue weighted by Gasteiger charge is 2.26. The summed E-state index contributed by atoms with van der Waals surface area (Å²) in [5, 5.41) is 16.4. The van der Waals surface area contributed by atoms with Gasteiger partial charge in [0.25, 0.3) is 5.88 Å². The molecular formula is C15H17N7O2. The van der Waals surface area contributed by atoms with Crippen LogP contribution < -0.4 is 10.1 Å². The summed E-state index contributed by atoms with van der Waals surface area (Å²) >= 11 is 0. The first-order valence-electron chi connectivity index (χ1n) is 7.54. The third kappa shape index (κ3) is 3.18. The van der Waals surface area contributed by atoms with Crippen LogP contribution in [0.25, 0.3) is 11.3 Å². The van der Waals surface area contributed by atoms with Gasteiger partial charge in [0.1, 0.15) is 6.07 Å². The number of aromatic nitrogens is 4. The largest absolute Gasteiger partial charge is 0.417 e. The Morgan fingerprint density at radius 1 is 1.50 bits per heavy atom. The van der Waals surface area contributed by atoms with Gasteiger partial charge in [-0.1, -0.05) is 0 Å². The third-order valence-corrected chi connectivity index (χ3v) is 3.77. The van der Waals surface area contributed by atoms with Gasteiger partial charge in [-0.05, 0) is 6.92 Å². The standard InChI is InChI=1S/C15H17N7O2/c1-10-6-17-3-4-22(10)15(23)24-14-12(5-16)18-8-13(20-14)11-7-19-21(2)9-11/h7-10,17H,3-4,6H2,1-2H3. The Labute approximate surface area is 138 Å². The van der Waals surface area contributed by atoms with Crippen LogP contribution in [0.2, 0.25) is 0 Å². The van der Waals surface area contributed by atoms with Crippen molar-refractivity contribution in [3.05, 3.63) is 24.3 Å². The SMILES string of the molecule is CC1CNCCN1C(=O)Oc1nc(-c2cnn(C)c2)cnc1C#N. The number of rotatable bonds is 2. The number of carbonyl (C=O) groups excluding carboxylic acids is 1. The van der Waals surface area contributed by atoms with Crippen molar-refractivity contribution in [1.82, 2.24) is 30.0 Å². The van der Waals surface area contributed by atoms with Crippen LogP contribution in [0.5, 0.6) is 5.88 Å². The third-order valence-electron chi connectivity index (χ3n) is 3.77. The van der Waals surface area contributed by atoms with Crippen LogP contribution in [0.15, 0.2) is 18.6 Å². The fourth-order valence-electron chi connectivity index (χ4n) is 2.47. The van der Waals surface area contributed by atoms with Crippen molar-refractivity contribution in [2.75, 3.05) is 19.6 Å². The zero-order valence-electron chi connectivity index (χ0n) is 13.4. The molecule has 3 heterocycles. The molecule has 124 valence electrons. The molecule has 9 heteroatoms. The first-order chi connectivity index (χ1) is 11.6. The lowest BCUT2D eigenvalue weighted by atomic mass is 10.2. The summed E-state index contributed by atoms with van der Waals surface area (Å²) in [4.78, 5) is 22.3. The summed E-state index contributed by atoms with van der Waals surface area (Å²) in [6, 6.07) is 1.90. The first-order valence-corrected chi connectivity index (χ1v) is 7.54. The Kier molecular flexibility index (Phi) is 4.39. The topological polar surface area (TPSA) is 109 Å². The summed E-state index contributed by atoms with van der Waals surface area (Å²) in [7, 11) is 1.79. The van der Waals surface area contributed by atoms with Gasteiger partial charge in [0.05, 0.1) is 18.1 Å². The molecule has 3 rings (SSSR count). The van der Waals surface area contributed by atoms with E-state index in [1.54, 1.807) is 29.0 Å². The monoisotopic (exact) mass is 327 g/mol. The van der Waals surface area contributed by atoms with E-state index >= 15 is 0 Å². The Morgan fingerprint density at radius 3 is 3.00 bits per heavy atom. The number of nitriles is 1. The zero-order valence-corrected chi connectivity index (χ0v) is 13.4. The van der Waals surface area contributed by atoms with E-state index in [1.807, 2.05) is 13.0 Å². The molecule has 1 N–H and O–H groups in total. The molecule has 1 atom stereocenters. The fraction of sp³-hybridized carbons (Fsp3) is 0.400. The Balaban J connectivity index is 1.86. The average Bonchev–Trinajstić information content (AvgIpc) is 3.01. The van der Waals surface area contributed by atoms with Gasteiger partial charge in [-0.25, -0.2) is 14.8 Å². The molecular weight excluding hydrogens is 310 g/mol. The van der Waals surface area contributed by atoms with Crippen LogP contribution >= 0.6 is 0 Å². The number of piperazine rings is 1. The minimum atomic E-state index is -0.530. The second-order valence-electron chi connectivity index (χ2n) is 5.54. The Morgan fingerprint density at radius 2 is 2.33 bits per heavy atom. The van der Waals surface area contributed by atoms with Gasteiger partial charge < -0.3 is 15.0 Å². The predicted molar refractivity (Wildman–Crippen MR) is 84.0 cm³/mol. The van der Waals surface area contributed by atoms with Gasteiger partial charge in [-0.3, -0.25) is 4.68 Å². The average molecular weight is 327 g/mol. The highest BCUT2D eigenvalue weighted by Crippen LogP contribution is 2.21. The summed E-state index contributed by atoms with van der Waals surface area (Å²) in [5.74, 6) is -0.0883. The molecule has 2 aromatic rings. The summed E-state index contributed by atoms with van der Waals surface area (Å²) in [6.45, 7) is 3.86. The van der Waals surface area contributed by atoms with Gasteiger partial charge in [-0.15, -0.1) is 0 Å². The van der Waals surface area contributed by atoms with Crippen molar-refractivity contribution in [2.24, 2.45) is 7.05 Å². The normalized spacial score (nSPS) is 17.4. The number of nitrogens with zero attached hydrogens (tertiary/aromatic N) is 6. The zero-order chi connectivity index (χ0) is 17.1. The molecule has 0 aromatic carbocycles. The summed E-state index contributed by atoms with van der Waals surface area (Å²) in [5.41, 5.74) is 1.18. The molecule has 0 aliphatic carbocycles. The van der Waals surface area contributed by atoms with Crippen LogP contribution in [-0.4, -0.2) is 56.4 Å². The van der Waals surface area contributed by atoms with Crippen LogP contribution in [0.4, 0.5) is 4.79 Å². The molecule has 0 spiro atoms. The van der Waals surface area contributed by atoms with E-state index < -0.39 is 6.09 Å². The molecule has 0 radical (unpaired) electrons. The predicted octanol–water partition coefficient (Wildman–Crippen LogP) is 0.541. The second kappa shape index (κ2) is 6.64. The summed E-state index contributed by atoms with van der Waals surface area (Å²) in [6.07, 6.45) is 4.32. The van der Waals surface area contributed by atoms with Crippen LogP contribution in [-0.2, 0) is 7.05 Å². The fourth-order valence-corrected chi connectivity index (χ4v) is 2.47. The van der Waals surface area contributed by atoms with E-state index in [0.29, 0.717) is 25.3 Å². The lowest BCUT2D eigenvalue weighted by molar-refractivity contribution is 0.122. The van der Waals surface area contributed by atoms with Crippen molar-refractivity contribution in [3.8, 4) is 23.2 Å². The van der Waals surface area contributed by atoms with Crippen LogP contribution in [0, 0.1) is 11.3 Å². The van der Waals surface area contributed by atoms with Gasteiger partial charge in [0.2, 0.25) is 5.69 Å². The molecule has 1 amide bonds. The molecule has 1 unspecified atom stereocenters. The highest BCUT2D eigenvalue weighted by atomic mass is 16.6. The van der Waals surface area contributed by atoms with Crippen molar-refractivity contribution in [1.29, 1.82) is 5.26 Å². The number of ether oxygens (including phenoxy) is 1. The number of carbonyl (C=O) groups is 1. The first kappa shape index (κ1) is 15.9. The maximum atomic E-state index is 12.4. The number of hydrogen-bond donors (Lipinski definition) is 1. The van der Waals surface area contributed by atoms with Gasteiger partial charge in [0.15, 0.2) is 0 Å². The van der Waals surface area contributed by atoms with Crippen molar-refractivity contribution < 1.29 is 9.53 Å². The number of amides is 1. The van der Waals surface area contributed by atoms with Gasteiger partial charge in [0, 0.05) is 44.5 Å². The number of nitrogens with one attached hydrogen (secondary N) is 1. The lowest BCUT2D eigenvalue weighted by Gasteiger charge is -2.32. The molecule has 1 aliphatic heterocycles. The minimum absolute atomic E-state index is 0.00579. The van der Waals surface area contributed by atoms with Crippen molar-refractivity contribution >= 4 is 6.09 Å². The van der Waals surface area contributed by atoms with Crippen LogP contribution in [0.1, 0.15) is 12.6 Å². The van der Waals surface area contributed by atoms with E-state index in [-0.39, 0.29) is 17.6 Å². The number of aryl methyl sites for hydroxylation is 1. The molecule has 24 heavy (non-hydrogen) atoms. The minimum Gasteiger partial charge on any atom is -0.388 e. The quantitative estimate of drug-likeness (QED) is 0.857. The van der Waals surface area contributed by atoms with E-state index in [0.717, 1.165) is 5.56 Å². The summed E-state index contributed by atoms with van der Waals surface area (Å²) < 4.78 is 6.98. The van der Waals surface area contributed by atoms with E-state index in [2.05, 4.69) is 20.4 Å². The van der Waals surface area contributed by atoms with Gasteiger partial charge >= 0.3 is 6.09 Å². The van der Waals surface area contributed by atoms with Gasteiger partial charge in [-0.2, -0.15) is 10.4 Å². The molecule has 1 saturated heterocycles. The maximum Gasteiger partial charge on any atom is 0.417 e. The Bertz CT molecular complexity index is 795. The molecule has 1 fully saturated rings. The maximum absolute atomic E-state index is 12.4. The van der Waals surface area contributed by atoms with E-state index in [4.69, 9.17) is 4.74 Å².